The minimum atomic E-state index is -4.72. The highest BCUT2D eigenvalue weighted by molar-refractivity contribution is 6.15. The highest BCUT2D eigenvalue weighted by atomic mass is 19.4. The summed E-state index contributed by atoms with van der Waals surface area (Å²) in [7, 11) is 1.33. The van der Waals surface area contributed by atoms with Crippen LogP contribution in [-0.2, 0) is 6.18 Å². The van der Waals surface area contributed by atoms with Crippen LogP contribution in [0.3, 0.4) is 0 Å². The number of hydrogen-bond donors (Lipinski definition) is 2. The van der Waals surface area contributed by atoms with Crippen molar-refractivity contribution < 1.29 is 27.4 Å². The number of alkyl halides is 3. The monoisotopic (exact) mass is 430 g/mol. The number of urea groups is 1. The van der Waals surface area contributed by atoms with E-state index >= 15 is 0 Å². The Bertz CT molecular complexity index is 1120. The summed E-state index contributed by atoms with van der Waals surface area (Å²) in [6.45, 7) is 2.08. The van der Waals surface area contributed by atoms with Crippen molar-refractivity contribution in [1.29, 1.82) is 10.7 Å². The number of benzene rings is 2. The molecule has 10 heteroatoms. The number of carbonyl (C=O) groups is 1. The number of nitriles is 1. The topological polar surface area (TPSA) is 98.4 Å². The zero-order valence-electron chi connectivity index (χ0n) is 16.5. The van der Waals surface area contributed by atoms with Gasteiger partial charge in [-0.25, -0.2) is 4.79 Å². The molecule has 0 radical (unpaired) electrons. The van der Waals surface area contributed by atoms with E-state index < -0.39 is 23.5 Å². The molecule has 2 amide bonds. The maximum atomic E-state index is 13.4. The van der Waals surface area contributed by atoms with Crippen LogP contribution in [0.4, 0.5) is 18.0 Å². The van der Waals surface area contributed by atoms with Crippen LogP contribution in [0.15, 0.2) is 42.1 Å². The molecule has 0 spiro atoms. The molecule has 31 heavy (non-hydrogen) atoms. The first-order chi connectivity index (χ1) is 14.7. The zero-order chi connectivity index (χ0) is 22.8. The summed E-state index contributed by atoms with van der Waals surface area (Å²) < 4.78 is 50.9. The van der Waals surface area contributed by atoms with E-state index in [-0.39, 0.29) is 28.6 Å². The van der Waals surface area contributed by atoms with E-state index in [0.29, 0.717) is 18.2 Å². The second-order valence-electron chi connectivity index (χ2n) is 6.41. The third-order valence-corrected chi connectivity index (χ3v) is 4.46. The lowest BCUT2D eigenvalue weighted by Crippen LogP contribution is -2.29. The van der Waals surface area contributed by atoms with Gasteiger partial charge >= 0.3 is 12.2 Å². The number of halogens is 3. The minimum Gasteiger partial charge on any atom is -0.493 e. The number of rotatable bonds is 5. The third-order valence-electron chi connectivity index (χ3n) is 4.46. The summed E-state index contributed by atoms with van der Waals surface area (Å²) in [6, 6.07) is 8.75. The minimum absolute atomic E-state index is 0.0131. The van der Waals surface area contributed by atoms with Crippen molar-refractivity contribution >= 4 is 17.9 Å². The second-order valence-corrected chi connectivity index (χ2v) is 6.41. The predicted molar refractivity (Wildman–Crippen MR) is 106 cm³/mol. The Labute approximate surface area is 175 Å². The fraction of sp³-hybridized carbons (Fsp3) is 0.190. The molecule has 2 aromatic carbocycles. The highest BCUT2D eigenvalue weighted by Gasteiger charge is 2.35. The Morgan fingerprint density at radius 3 is 2.48 bits per heavy atom. The molecule has 0 unspecified atom stereocenters. The van der Waals surface area contributed by atoms with Gasteiger partial charge in [0.1, 0.15) is 5.75 Å². The zero-order valence-corrected chi connectivity index (χ0v) is 16.5. The quantitative estimate of drug-likeness (QED) is 0.716. The first kappa shape index (κ1) is 21.7. The normalized spacial score (nSPS) is 15.1. The number of likely N-dealkylation sites (N-methyl/N-ethyl adjacent to an activating group) is 1. The van der Waals surface area contributed by atoms with E-state index in [0.717, 1.165) is 6.07 Å². The summed E-state index contributed by atoms with van der Waals surface area (Å²) in [5, 5.41) is 19.5. The Morgan fingerprint density at radius 1 is 1.19 bits per heavy atom. The fourth-order valence-corrected chi connectivity index (χ4v) is 2.95. The maximum Gasteiger partial charge on any atom is 0.420 e. The molecule has 1 aliphatic heterocycles. The van der Waals surface area contributed by atoms with Crippen LogP contribution in [0, 0.1) is 16.7 Å². The van der Waals surface area contributed by atoms with E-state index in [4.69, 9.17) is 20.1 Å². The van der Waals surface area contributed by atoms with Crippen LogP contribution in [-0.4, -0.2) is 30.4 Å². The molecule has 0 bridgehead atoms. The van der Waals surface area contributed by atoms with Crippen molar-refractivity contribution in [3.05, 3.63) is 58.8 Å². The molecule has 1 fully saturated rings. The lowest BCUT2D eigenvalue weighted by Gasteiger charge is -2.16. The summed E-state index contributed by atoms with van der Waals surface area (Å²) in [4.78, 5) is 13.1. The van der Waals surface area contributed by atoms with E-state index in [1.165, 1.54) is 30.2 Å². The first-order valence-corrected chi connectivity index (χ1v) is 9.04. The van der Waals surface area contributed by atoms with Crippen LogP contribution in [0.2, 0.25) is 0 Å². The molecule has 160 valence electrons. The van der Waals surface area contributed by atoms with Crippen LogP contribution >= 0.6 is 0 Å². The van der Waals surface area contributed by atoms with E-state index in [1.807, 2.05) is 0 Å². The number of hydrogen-bond acceptors (Lipinski definition) is 5. The number of nitrogens with one attached hydrogen (secondary N) is 2. The van der Waals surface area contributed by atoms with Gasteiger partial charge in [-0.15, -0.1) is 0 Å². The largest absolute Gasteiger partial charge is 0.493 e. The molecule has 0 aromatic heterocycles. The highest BCUT2D eigenvalue weighted by Crippen LogP contribution is 2.41. The predicted octanol–water partition coefficient (Wildman–Crippen LogP) is 4.74. The van der Waals surface area contributed by atoms with Gasteiger partial charge in [0.2, 0.25) is 0 Å². The van der Waals surface area contributed by atoms with Gasteiger partial charge in [-0.1, -0.05) is 6.07 Å². The summed E-state index contributed by atoms with van der Waals surface area (Å²) in [6.07, 6.45) is -3.17. The molecule has 1 aliphatic rings. The van der Waals surface area contributed by atoms with E-state index in [2.05, 4.69) is 5.32 Å². The number of amidine groups is 1. The van der Waals surface area contributed by atoms with Crippen LogP contribution in [0.25, 0.3) is 6.08 Å². The molecular weight excluding hydrogens is 413 g/mol. The van der Waals surface area contributed by atoms with Gasteiger partial charge in [0.05, 0.1) is 30.0 Å². The van der Waals surface area contributed by atoms with Gasteiger partial charge in [-0.3, -0.25) is 10.3 Å². The average molecular weight is 430 g/mol. The van der Waals surface area contributed by atoms with Crippen molar-refractivity contribution in [2.75, 3.05) is 13.7 Å². The second kappa shape index (κ2) is 8.39. The SMILES string of the molecule is CCN1C(=N)C(=Cc2ccc(Oc3ccc(C#N)cc3C(F)(F)F)c(OC)c2)NC1=O. The Balaban J connectivity index is 1.94. The van der Waals surface area contributed by atoms with Crippen molar-refractivity contribution in [2.24, 2.45) is 0 Å². The molecule has 3 rings (SSSR count). The molecule has 1 heterocycles. The Morgan fingerprint density at radius 2 is 1.90 bits per heavy atom. The molecule has 2 aromatic rings. The standard InChI is InChI=1S/C21H17F3N4O3/c1-3-28-19(26)15(27-20(28)29)9-12-4-7-17(18(10-12)30-2)31-16-6-5-13(11-25)8-14(16)21(22,23)24/h4-10,26H,3H2,1-2H3,(H,27,29). The average Bonchev–Trinajstić information content (AvgIpc) is 3.00. The summed E-state index contributed by atoms with van der Waals surface area (Å²) in [5.41, 5.74) is -0.399. The third kappa shape index (κ3) is 4.45. The van der Waals surface area contributed by atoms with Crippen molar-refractivity contribution in [3.8, 4) is 23.3 Å². The van der Waals surface area contributed by atoms with E-state index in [9.17, 15) is 18.0 Å². The molecule has 2 N–H and O–H groups in total. The number of nitrogens with zero attached hydrogens (tertiary/aromatic N) is 2. The lowest BCUT2D eigenvalue weighted by atomic mass is 10.1. The molecular formula is C21H17F3N4O3. The number of methoxy groups -OCH3 is 1. The number of ether oxygens (including phenoxy) is 2. The van der Waals surface area contributed by atoms with E-state index in [1.54, 1.807) is 25.1 Å². The van der Waals surface area contributed by atoms with Crippen molar-refractivity contribution in [2.45, 2.75) is 13.1 Å². The van der Waals surface area contributed by atoms with Crippen LogP contribution in [0.1, 0.15) is 23.6 Å². The van der Waals surface area contributed by atoms with Crippen LogP contribution < -0.4 is 14.8 Å². The Kier molecular flexibility index (Phi) is 5.88. The van der Waals surface area contributed by atoms with Gasteiger partial charge in [0, 0.05) is 6.54 Å². The molecule has 7 nitrogen and oxygen atoms in total. The smallest absolute Gasteiger partial charge is 0.420 e. The first-order valence-electron chi connectivity index (χ1n) is 9.04. The van der Waals surface area contributed by atoms with Gasteiger partial charge in [-0.2, -0.15) is 18.4 Å². The van der Waals surface area contributed by atoms with Gasteiger partial charge in [0.25, 0.3) is 0 Å². The fourth-order valence-electron chi connectivity index (χ4n) is 2.95. The summed E-state index contributed by atoms with van der Waals surface area (Å²) in [5.74, 6) is -0.283. The molecule has 0 atom stereocenters. The van der Waals surface area contributed by atoms with Gasteiger partial charge < -0.3 is 14.8 Å². The van der Waals surface area contributed by atoms with Gasteiger partial charge in [-0.05, 0) is 48.9 Å². The molecule has 1 saturated heterocycles. The van der Waals surface area contributed by atoms with Crippen molar-refractivity contribution in [3.63, 3.8) is 0 Å². The van der Waals surface area contributed by atoms with Crippen molar-refractivity contribution in [1.82, 2.24) is 10.2 Å². The molecule has 0 aliphatic carbocycles. The van der Waals surface area contributed by atoms with Gasteiger partial charge in [0.15, 0.2) is 17.3 Å². The maximum absolute atomic E-state index is 13.4. The lowest BCUT2D eigenvalue weighted by molar-refractivity contribution is -0.138. The Hall–Kier alpha value is -4.00. The number of amides is 2. The molecule has 0 saturated carbocycles. The number of carbonyl (C=O) groups excluding carboxylic acids is 1. The van der Waals surface area contributed by atoms with Crippen LogP contribution in [0.5, 0.6) is 17.2 Å². The summed E-state index contributed by atoms with van der Waals surface area (Å²) >= 11 is 0.